The Bertz CT molecular complexity index is 2450. The molecule has 0 spiro atoms. The van der Waals surface area contributed by atoms with Crippen molar-refractivity contribution in [3.05, 3.63) is 122 Å². The van der Waals surface area contributed by atoms with Crippen LogP contribution in [0.2, 0.25) is 20.1 Å². The minimum absolute atomic E-state index is 0.00243. The van der Waals surface area contributed by atoms with Gasteiger partial charge in [0.15, 0.2) is 0 Å². The second-order valence-electron chi connectivity index (χ2n) is 10.7. The van der Waals surface area contributed by atoms with E-state index in [0.29, 0.717) is 28.6 Å². The van der Waals surface area contributed by atoms with Gasteiger partial charge in [0.2, 0.25) is 11.6 Å². The van der Waals surface area contributed by atoms with Gasteiger partial charge in [-0.3, -0.25) is 9.44 Å². The van der Waals surface area contributed by atoms with Crippen LogP contribution in [0, 0.1) is 20.8 Å². The minimum atomic E-state index is -4.06. The van der Waals surface area contributed by atoms with Gasteiger partial charge < -0.3 is 18.4 Å². The highest BCUT2D eigenvalue weighted by Crippen LogP contribution is 2.33. The van der Waals surface area contributed by atoms with Crippen molar-refractivity contribution in [2.45, 2.75) is 43.8 Å². The van der Waals surface area contributed by atoms with Crippen LogP contribution in [0.5, 0.6) is 11.8 Å². The standard InChI is InChI=1S/C16H14Cl2N4O4S.C16H13Cl2N3O4S/c1-9-7-19-15(16(20-9)25-8-11-6-10(2)26-21-11)22-27(23,24)13-5-3-4-12(17)14(13)18;1-10-8-19-15(16(20-10)25-9-11-4-3-7-24-11)21-26(22,23)13-6-2-5-12(17)14(13)18/h3-7H,8H2,1-2H3,(H,19,22);2-8H,9H2,1H3,(H,19,21). The third-order valence-corrected chi connectivity index (χ3v) is 11.2. The molecule has 2 N–H and O–H groups in total. The third-order valence-electron chi connectivity index (χ3n) is 6.56. The van der Waals surface area contributed by atoms with E-state index >= 15 is 0 Å². The Morgan fingerprint density at radius 2 is 1.21 bits per heavy atom. The number of furan rings is 1. The molecule has 0 atom stereocenters. The number of hydrogen-bond donors (Lipinski definition) is 2. The molecule has 0 aliphatic carbocycles. The molecule has 0 radical (unpaired) electrons. The van der Waals surface area contributed by atoms with Crippen molar-refractivity contribution >= 4 is 78.1 Å². The van der Waals surface area contributed by atoms with Crippen LogP contribution >= 0.6 is 46.4 Å². The topological polar surface area (TPSA) is 202 Å². The van der Waals surface area contributed by atoms with E-state index in [2.05, 4.69) is 34.5 Å². The van der Waals surface area contributed by atoms with Crippen LogP contribution in [0.1, 0.15) is 28.6 Å². The molecule has 0 saturated carbocycles. The van der Waals surface area contributed by atoms with Gasteiger partial charge in [0, 0.05) is 6.07 Å². The van der Waals surface area contributed by atoms with Crippen molar-refractivity contribution in [3.63, 3.8) is 0 Å². The van der Waals surface area contributed by atoms with Crippen LogP contribution in [0.4, 0.5) is 11.6 Å². The first-order chi connectivity index (χ1) is 25.1. The first-order valence-corrected chi connectivity index (χ1v) is 19.4. The maximum Gasteiger partial charge on any atom is 0.264 e. The number of ether oxygens (including phenoxy) is 2. The zero-order valence-corrected chi connectivity index (χ0v) is 32.3. The second-order valence-corrected chi connectivity index (χ2v) is 15.6. The molecule has 6 rings (SSSR count). The molecule has 4 heterocycles. The van der Waals surface area contributed by atoms with Crippen LogP contribution in [-0.2, 0) is 33.3 Å². The number of hydrogen-bond acceptors (Lipinski definition) is 13. The Kier molecular flexibility index (Phi) is 12.7. The van der Waals surface area contributed by atoms with Gasteiger partial charge in [0.05, 0.1) is 50.1 Å². The van der Waals surface area contributed by atoms with Crippen molar-refractivity contribution in [2.24, 2.45) is 0 Å². The largest absolute Gasteiger partial charge is 0.468 e. The average Bonchev–Trinajstić information content (AvgIpc) is 3.79. The number of nitrogens with one attached hydrogen (secondary N) is 2. The summed E-state index contributed by atoms with van der Waals surface area (Å²) < 4.78 is 76.6. The lowest BCUT2D eigenvalue weighted by Gasteiger charge is -2.13. The molecule has 0 amide bonds. The average molecular weight is 844 g/mol. The van der Waals surface area contributed by atoms with E-state index in [4.69, 9.17) is 64.8 Å². The first kappa shape index (κ1) is 39.6. The lowest BCUT2D eigenvalue weighted by molar-refractivity contribution is 0.261. The van der Waals surface area contributed by atoms with Crippen LogP contribution in [0.15, 0.2) is 92.0 Å². The molecule has 15 nitrogen and oxygen atoms in total. The molecule has 0 aliphatic rings. The van der Waals surface area contributed by atoms with E-state index in [1.165, 1.54) is 55.1 Å². The smallest absolute Gasteiger partial charge is 0.264 e. The normalized spacial score (nSPS) is 11.4. The van der Waals surface area contributed by atoms with Crippen LogP contribution in [0.25, 0.3) is 0 Å². The number of aromatic nitrogens is 5. The molecule has 4 aromatic heterocycles. The monoisotopic (exact) mass is 841 g/mol. The highest BCUT2D eigenvalue weighted by molar-refractivity contribution is 7.93. The van der Waals surface area contributed by atoms with Gasteiger partial charge >= 0.3 is 0 Å². The molecule has 0 aliphatic heterocycles. The maximum atomic E-state index is 12.7. The quantitative estimate of drug-likeness (QED) is 0.121. The Balaban J connectivity index is 0.000000204. The lowest BCUT2D eigenvalue weighted by Crippen LogP contribution is -2.16. The van der Waals surface area contributed by atoms with E-state index in [9.17, 15) is 16.8 Å². The summed E-state index contributed by atoms with van der Waals surface area (Å²) >= 11 is 23.8. The zero-order chi connectivity index (χ0) is 38.3. The fourth-order valence-electron chi connectivity index (χ4n) is 4.16. The number of rotatable bonds is 12. The summed E-state index contributed by atoms with van der Waals surface area (Å²) in [5.41, 5.74) is 1.63. The van der Waals surface area contributed by atoms with Gasteiger partial charge in [-0.05, 0) is 57.2 Å². The molecular formula is C32H27Cl4N7O8S2. The predicted octanol–water partition coefficient (Wildman–Crippen LogP) is 7.83. The Morgan fingerprint density at radius 3 is 1.66 bits per heavy atom. The van der Waals surface area contributed by atoms with Crippen LogP contribution in [-0.4, -0.2) is 41.9 Å². The zero-order valence-electron chi connectivity index (χ0n) is 27.7. The number of benzene rings is 2. The summed E-state index contributed by atoms with van der Waals surface area (Å²) in [6.07, 6.45) is 4.33. The van der Waals surface area contributed by atoms with Gasteiger partial charge in [-0.2, -0.15) is 0 Å². The number of aryl methyl sites for hydroxylation is 3. The van der Waals surface area contributed by atoms with E-state index in [1.807, 2.05) is 0 Å². The Morgan fingerprint density at radius 1 is 0.698 bits per heavy atom. The van der Waals surface area contributed by atoms with Crippen molar-refractivity contribution in [2.75, 3.05) is 9.44 Å². The van der Waals surface area contributed by atoms with E-state index in [-0.39, 0.29) is 66.5 Å². The summed E-state index contributed by atoms with van der Waals surface area (Å²) in [7, 11) is -8.11. The fraction of sp³-hybridized carbons (Fsp3) is 0.156. The first-order valence-electron chi connectivity index (χ1n) is 14.9. The van der Waals surface area contributed by atoms with Crippen LogP contribution in [0.3, 0.4) is 0 Å². The molecule has 0 fully saturated rings. The highest BCUT2D eigenvalue weighted by atomic mass is 35.5. The molecule has 53 heavy (non-hydrogen) atoms. The summed E-state index contributed by atoms with van der Waals surface area (Å²) in [5, 5.41) is 3.88. The molecule has 0 bridgehead atoms. The number of halogens is 4. The van der Waals surface area contributed by atoms with Gasteiger partial charge in [-0.1, -0.05) is 63.7 Å². The van der Waals surface area contributed by atoms with E-state index < -0.39 is 20.0 Å². The summed E-state index contributed by atoms with van der Waals surface area (Å²) in [4.78, 5) is 16.1. The van der Waals surface area contributed by atoms with Gasteiger partial charge in [-0.15, -0.1) is 0 Å². The van der Waals surface area contributed by atoms with Gasteiger partial charge in [0.1, 0.15) is 40.2 Å². The van der Waals surface area contributed by atoms with Gasteiger partial charge in [0.25, 0.3) is 31.8 Å². The third kappa shape index (κ3) is 10.3. The molecule has 278 valence electrons. The highest BCUT2D eigenvalue weighted by Gasteiger charge is 2.24. The summed E-state index contributed by atoms with van der Waals surface area (Å²) in [6, 6.07) is 13.7. The summed E-state index contributed by atoms with van der Waals surface area (Å²) in [5.74, 6) is 1.04. The molecule has 21 heteroatoms. The molecule has 0 saturated heterocycles. The number of sulfonamides is 2. The second kappa shape index (κ2) is 17.0. The SMILES string of the molecule is Cc1cnc(NS(=O)(=O)c2cccc(Cl)c2Cl)c(OCc2cc(C)on2)n1.Cc1cnc(NS(=O)(=O)c2cccc(Cl)c2Cl)c(OCc2ccco2)n1. The van der Waals surface area contributed by atoms with Crippen molar-refractivity contribution < 1.29 is 35.2 Å². The molecule has 6 aromatic rings. The van der Waals surface area contributed by atoms with E-state index in [1.54, 1.807) is 39.0 Å². The van der Waals surface area contributed by atoms with Crippen LogP contribution < -0.4 is 18.9 Å². The number of anilines is 2. The Hall–Kier alpha value is -4.65. The maximum absolute atomic E-state index is 12.7. The molecule has 0 unspecified atom stereocenters. The van der Waals surface area contributed by atoms with E-state index in [0.717, 1.165) is 0 Å². The van der Waals surface area contributed by atoms with Crippen molar-refractivity contribution in [1.29, 1.82) is 0 Å². The van der Waals surface area contributed by atoms with Gasteiger partial charge in [-0.25, -0.2) is 36.8 Å². The predicted molar refractivity (Wildman–Crippen MR) is 197 cm³/mol. The summed E-state index contributed by atoms with van der Waals surface area (Å²) in [6.45, 7) is 5.25. The lowest BCUT2D eigenvalue weighted by atomic mass is 10.4. The molecule has 2 aromatic carbocycles. The fourth-order valence-corrected chi connectivity index (χ4v) is 7.70. The van der Waals surface area contributed by atoms with Crippen molar-refractivity contribution in [3.8, 4) is 11.8 Å². The minimum Gasteiger partial charge on any atom is -0.468 e. The van der Waals surface area contributed by atoms with Crippen molar-refractivity contribution in [1.82, 2.24) is 25.1 Å². The Labute approximate surface area is 323 Å². The number of nitrogens with zero attached hydrogens (tertiary/aromatic N) is 5. The molecular weight excluding hydrogens is 816 g/mol.